The first-order valence-electron chi connectivity index (χ1n) is 13.4. The van der Waals surface area contributed by atoms with E-state index >= 15 is 0 Å². The van der Waals surface area contributed by atoms with Crippen molar-refractivity contribution in [2.24, 2.45) is 0 Å². The Labute approximate surface area is 215 Å². The van der Waals surface area contributed by atoms with Crippen LogP contribution in [0.2, 0.25) is 0 Å². The maximum atomic E-state index is 9.87. The summed E-state index contributed by atoms with van der Waals surface area (Å²) in [5, 5.41) is 19.7. The molecule has 0 aromatic heterocycles. The second-order valence-corrected chi connectivity index (χ2v) is 9.68. The molecule has 1 saturated heterocycles. The van der Waals surface area contributed by atoms with Crippen LogP contribution >= 0.6 is 0 Å². The number of allylic oxidation sites excluding steroid dienone is 1. The van der Waals surface area contributed by atoms with Crippen LogP contribution in [0.15, 0.2) is 72.8 Å². The fourth-order valence-electron chi connectivity index (χ4n) is 4.94. The van der Waals surface area contributed by atoms with Crippen molar-refractivity contribution in [3.63, 3.8) is 0 Å². The third-order valence-electron chi connectivity index (χ3n) is 6.97. The summed E-state index contributed by atoms with van der Waals surface area (Å²) in [5.74, 6) is 1.40. The number of hydrogen-bond donors (Lipinski definition) is 2. The third-order valence-corrected chi connectivity index (χ3v) is 6.97. The van der Waals surface area contributed by atoms with Gasteiger partial charge in [0.25, 0.3) is 0 Å². The third kappa shape index (κ3) is 7.14. The summed E-state index contributed by atoms with van der Waals surface area (Å²) >= 11 is 0. The molecule has 4 nitrogen and oxygen atoms in total. The van der Waals surface area contributed by atoms with E-state index in [2.05, 4.69) is 36.1 Å². The molecule has 4 rings (SSSR count). The molecule has 1 aliphatic heterocycles. The van der Waals surface area contributed by atoms with E-state index in [9.17, 15) is 10.2 Å². The number of likely N-dealkylation sites (tertiary alicyclic amines) is 1. The van der Waals surface area contributed by atoms with Gasteiger partial charge in [0, 0.05) is 6.54 Å². The van der Waals surface area contributed by atoms with Crippen molar-refractivity contribution >= 4 is 11.1 Å². The van der Waals surface area contributed by atoms with Gasteiger partial charge in [-0.3, -0.25) is 4.90 Å². The van der Waals surface area contributed by atoms with Crippen molar-refractivity contribution in [3.05, 3.63) is 89.5 Å². The molecule has 1 heterocycles. The predicted molar refractivity (Wildman–Crippen MR) is 148 cm³/mol. The van der Waals surface area contributed by atoms with E-state index < -0.39 is 0 Å². The smallest absolute Gasteiger partial charge is 0.119 e. The SMILES string of the molecule is CCCCC(=C(c1ccc(O)cc1)c1ccc(O)cc1)c1ccc(OCCN2CCCCCC2)cc1. The number of nitrogens with zero attached hydrogens (tertiary/aromatic N) is 1. The molecule has 0 unspecified atom stereocenters. The van der Waals surface area contributed by atoms with Gasteiger partial charge in [-0.1, -0.05) is 62.6 Å². The first-order chi connectivity index (χ1) is 17.6. The number of benzene rings is 3. The predicted octanol–water partition coefficient (Wildman–Crippen LogP) is 7.50. The topological polar surface area (TPSA) is 52.9 Å². The number of ether oxygens (including phenoxy) is 1. The first kappa shape index (κ1) is 25.8. The van der Waals surface area contributed by atoms with Crippen molar-refractivity contribution in [3.8, 4) is 17.2 Å². The lowest BCUT2D eigenvalue weighted by Gasteiger charge is -2.20. The largest absolute Gasteiger partial charge is 0.508 e. The molecule has 0 radical (unpaired) electrons. The van der Waals surface area contributed by atoms with Crippen LogP contribution in [0.3, 0.4) is 0 Å². The summed E-state index contributed by atoms with van der Waals surface area (Å²) in [7, 11) is 0. The normalized spacial score (nSPS) is 14.2. The van der Waals surface area contributed by atoms with Gasteiger partial charge in [0.05, 0.1) is 0 Å². The highest BCUT2D eigenvalue weighted by atomic mass is 16.5. The van der Waals surface area contributed by atoms with Crippen LogP contribution in [0.1, 0.15) is 68.6 Å². The molecule has 36 heavy (non-hydrogen) atoms. The summed E-state index contributed by atoms with van der Waals surface area (Å²) in [6, 6.07) is 23.2. The van der Waals surface area contributed by atoms with Crippen molar-refractivity contribution in [1.82, 2.24) is 4.90 Å². The average molecular weight is 486 g/mol. The highest BCUT2D eigenvalue weighted by molar-refractivity contribution is 5.98. The molecule has 1 fully saturated rings. The zero-order valence-corrected chi connectivity index (χ0v) is 21.5. The minimum absolute atomic E-state index is 0.251. The molecule has 190 valence electrons. The Bertz CT molecular complexity index is 1050. The molecule has 3 aromatic rings. The average Bonchev–Trinajstić information content (AvgIpc) is 3.18. The molecule has 0 spiro atoms. The molecule has 0 aliphatic carbocycles. The maximum absolute atomic E-state index is 9.87. The zero-order valence-electron chi connectivity index (χ0n) is 21.5. The van der Waals surface area contributed by atoms with Crippen LogP contribution in [0.25, 0.3) is 11.1 Å². The van der Waals surface area contributed by atoms with Gasteiger partial charge in [0.15, 0.2) is 0 Å². The lowest BCUT2D eigenvalue weighted by molar-refractivity contribution is 0.214. The molecule has 3 aromatic carbocycles. The molecule has 2 N–H and O–H groups in total. The number of hydrogen-bond acceptors (Lipinski definition) is 4. The van der Waals surface area contributed by atoms with Crippen molar-refractivity contribution in [2.45, 2.75) is 51.9 Å². The minimum Gasteiger partial charge on any atom is -0.508 e. The van der Waals surface area contributed by atoms with E-state index in [1.54, 1.807) is 24.3 Å². The van der Waals surface area contributed by atoms with E-state index in [0.29, 0.717) is 6.61 Å². The first-order valence-corrected chi connectivity index (χ1v) is 13.4. The van der Waals surface area contributed by atoms with Gasteiger partial charge in [0.1, 0.15) is 23.9 Å². The Kier molecular flexibility index (Phi) is 9.46. The summed E-state index contributed by atoms with van der Waals surface area (Å²) in [6.45, 7) is 6.27. The standard InChI is InChI=1S/C32H39NO3/c1-2-3-8-31(32(26-9-15-28(34)16-10-26)27-11-17-29(35)18-12-27)25-13-19-30(20-14-25)36-24-23-33-21-6-4-5-7-22-33/h9-20,34-35H,2-8,21-24H2,1H3. The molecule has 4 heteroatoms. The van der Waals surface area contributed by atoms with Gasteiger partial charge in [-0.25, -0.2) is 0 Å². The molecular formula is C32H39NO3. The van der Waals surface area contributed by atoms with Gasteiger partial charge >= 0.3 is 0 Å². The van der Waals surface area contributed by atoms with Crippen LogP contribution in [0.4, 0.5) is 0 Å². The fraction of sp³-hybridized carbons (Fsp3) is 0.375. The quantitative estimate of drug-likeness (QED) is 0.292. The fourth-order valence-corrected chi connectivity index (χ4v) is 4.94. The Morgan fingerprint density at radius 1 is 0.722 bits per heavy atom. The highest BCUT2D eigenvalue weighted by Crippen LogP contribution is 2.37. The summed E-state index contributed by atoms with van der Waals surface area (Å²) < 4.78 is 6.11. The van der Waals surface area contributed by atoms with Crippen LogP contribution in [-0.4, -0.2) is 41.4 Å². The van der Waals surface area contributed by atoms with Crippen molar-refractivity contribution < 1.29 is 14.9 Å². The molecule has 0 saturated carbocycles. The number of phenols is 2. The summed E-state index contributed by atoms with van der Waals surface area (Å²) in [6.07, 6.45) is 8.40. The Balaban J connectivity index is 1.60. The van der Waals surface area contributed by atoms with E-state index in [-0.39, 0.29) is 11.5 Å². The highest BCUT2D eigenvalue weighted by Gasteiger charge is 2.15. The Hall–Kier alpha value is -3.24. The van der Waals surface area contributed by atoms with Crippen molar-refractivity contribution in [1.29, 1.82) is 0 Å². The van der Waals surface area contributed by atoms with Gasteiger partial charge in [-0.05, 0) is 103 Å². The zero-order chi connectivity index (χ0) is 25.2. The number of rotatable bonds is 10. The van der Waals surface area contributed by atoms with Crippen molar-refractivity contribution in [2.75, 3.05) is 26.2 Å². The van der Waals surface area contributed by atoms with Gasteiger partial charge in [-0.15, -0.1) is 0 Å². The van der Waals surface area contributed by atoms with E-state index in [1.165, 1.54) is 49.9 Å². The summed E-state index contributed by atoms with van der Waals surface area (Å²) in [4.78, 5) is 2.52. The second kappa shape index (κ2) is 13.2. The molecule has 0 amide bonds. The van der Waals surface area contributed by atoms with Crippen LogP contribution in [-0.2, 0) is 0 Å². The monoisotopic (exact) mass is 485 g/mol. The van der Waals surface area contributed by atoms with Gasteiger partial charge < -0.3 is 14.9 Å². The second-order valence-electron chi connectivity index (χ2n) is 9.68. The summed E-state index contributed by atoms with van der Waals surface area (Å²) in [5.41, 5.74) is 5.63. The van der Waals surface area contributed by atoms with E-state index in [1.807, 2.05) is 24.3 Å². The number of phenolic OH excluding ortho intramolecular Hbond substituents is 2. The Morgan fingerprint density at radius 3 is 1.78 bits per heavy atom. The molecule has 0 bridgehead atoms. The molecular weight excluding hydrogens is 446 g/mol. The van der Waals surface area contributed by atoms with Gasteiger partial charge in [0.2, 0.25) is 0 Å². The lowest BCUT2D eigenvalue weighted by atomic mass is 9.87. The lowest BCUT2D eigenvalue weighted by Crippen LogP contribution is -2.29. The van der Waals surface area contributed by atoms with Crippen LogP contribution in [0.5, 0.6) is 17.2 Å². The number of aromatic hydroxyl groups is 2. The molecule has 1 aliphatic rings. The molecule has 0 atom stereocenters. The van der Waals surface area contributed by atoms with Gasteiger partial charge in [-0.2, -0.15) is 0 Å². The maximum Gasteiger partial charge on any atom is 0.119 e. The van der Waals surface area contributed by atoms with E-state index in [0.717, 1.165) is 48.3 Å². The van der Waals surface area contributed by atoms with E-state index in [4.69, 9.17) is 4.74 Å². The van der Waals surface area contributed by atoms with Crippen LogP contribution < -0.4 is 4.74 Å². The minimum atomic E-state index is 0.251. The van der Waals surface area contributed by atoms with Crippen LogP contribution in [0, 0.1) is 0 Å². The Morgan fingerprint density at radius 2 is 1.25 bits per heavy atom. The number of unbranched alkanes of at least 4 members (excludes halogenated alkanes) is 1.